The third-order valence-electron chi connectivity index (χ3n) is 3.59. The van der Waals surface area contributed by atoms with Gasteiger partial charge in [-0.25, -0.2) is 0 Å². The number of ether oxygens (including phenoxy) is 2. The normalized spacial score (nSPS) is 16.4. The zero-order valence-corrected chi connectivity index (χ0v) is 11.9. The highest BCUT2D eigenvalue weighted by atomic mass is 35.5. The number of carbonyl (C=O) groups excluding carboxylic acids is 1. The standard InChI is InChI=1S/C14H18ClNO3/c1-18-11-5-4-10(8-12(11)19-2)13(17)16-14(9-15)6-3-7-14/h4-5,8H,3,6-7,9H2,1-2H3,(H,16,17). The van der Waals surface area contributed by atoms with Gasteiger partial charge in [-0.15, -0.1) is 11.6 Å². The molecular weight excluding hydrogens is 266 g/mol. The quantitative estimate of drug-likeness (QED) is 0.845. The molecule has 1 amide bonds. The molecule has 0 aliphatic heterocycles. The molecule has 2 rings (SSSR count). The van der Waals surface area contributed by atoms with Gasteiger partial charge in [-0.2, -0.15) is 0 Å². The SMILES string of the molecule is COc1ccc(C(=O)NC2(CCl)CCC2)cc1OC. The van der Waals surface area contributed by atoms with Crippen molar-refractivity contribution in [2.75, 3.05) is 20.1 Å². The lowest BCUT2D eigenvalue weighted by molar-refractivity contribution is 0.0853. The maximum Gasteiger partial charge on any atom is 0.251 e. The highest BCUT2D eigenvalue weighted by molar-refractivity contribution is 6.19. The number of carbonyl (C=O) groups is 1. The van der Waals surface area contributed by atoms with Crippen molar-refractivity contribution in [3.05, 3.63) is 23.8 Å². The zero-order valence-electron chi connectivity index (χ0n) is 11.2. The second-order valence-electron chi connectivity index (χ2n) is 4.79. The first-order valence-corrected chi connectivity index (χ1v) is 6.78. The first-order valence-electron chi connectivity index (χ1n) is 6.24. The van der Waals surface area contributed by atoms with Crippen molar-refractivity contribution in [3.63, 3.8) is 0 Å². The van der Waals surface area contributed by atoms with Gasteiger partial charge in [0.2, 0.25) is 0 Å². The van der Waals surface area contributed by atoms with Crippen LogP contribution in [0, 0.1) is 0 Å². The van der Waals surface area contributed by atoms with Gasteiger partial charge in [0.05, 0.1) is 19.8 Å². The summed E-state index contributed by atoms with van der Waals surface area (Å²) in [7, 11) is 3.11. The van der Waals surface area contributed by atoms with Crippen LogP contribution in [0.5, 0.6) is 11.5 Å². The van der Waals surface area contributed by atoms with Gasteiger partial charge in [0.15, 0.2) is 11.5 Å². The fraction of sp³-hybridized carbons (Fsp3) is 0.500. The number of benzene rings is 1. The molecule has 0 spiro atoms. The fourth-order valence-electron chi connectivity index (χ4n) is 2.19. The lowest BCUT2D eigenvalue weighted by Crippen LogP contribution is -2.55. The Balaban J connectivity index is 2.15. The van der Waals surface area contributed by atoms with Crippen LogP contribution in [0.25, 0.3) is 0 Å². The van der Waals surface area contributed by atoms with Gasteiger partial charge >= 0.3 is 0 Å². The Kier molecular flexibility index (Phi) is 4.20. The van der Waals surface area contributed by atoms with Crippen LogP contribution in [0.4, 0.5) is 0 Å². The summed E-state index contributed by atoms with van der Waals surface area (Å²) >= 11 is 5.94. The van der Waals surface area contributed by atoms with Crippen LogP contribution in [0.15, 0.2) is 18.2 Å². The minimum Gasteiger partial charge on any atom is -0.493 e. The van der Waals surface area contributed by atoms with Crippen molar-refractivity contribution in [2.24, 2.45) is 0 Å². The van der Waals surface area contributed by atoms with E-state index in [-0.39, 0.29) is 11.4 Å². The van der Waals surface area contributed by atoms with Crippen LogP contribution in [0.2, 0.25) is 0 Å². The molecule has 5 heteroatoms. The summed E-state index contributed by atoms with van der Waals surface area (Å²) in [5.74, 6) is 1.48. The Morgan fingerprint density at radius 3 is 2.47 bits per heavy atom. The van der Waals surface area contributed by atoms with Gasteiger partial charge in [-0.3, -0.25) is 4.79 Å². The number of halogens is 1. The topological polar surface area (TPSA) is 47.6 Å². The highest BCUT2D eigenvalue weighted by Crippen LogP contribution is 2.34. The molecule has 19 heavy (non-hydrogen) atoms. The van der Waals surface area contributed by atoms with E-state index in [9.17, 15) is 4.79 Å². The molecule has 1 aliphatic carbocycles. The number of methoxy groups -OCH3 is 2. The van der Waals surface area contributed by atoms with Crippen molar-refractivity contribution in [1.82, 2.24) is 5.32 Å². The lowest BCUT2D eigenvalue weighted by Gasteiger charge is -2.41. The molecule has 0 unspecified atom stereocenters. The second kappa shape index (κ2) is 5.70. The number of nitrogens with one attached hydrogen (secondary N) is 1. The molecule has 0 aromatic heterocycles. The molecular formula is C14H18ClNO3. The van der Waals surface area contributed by atoms with Crippen LogP contribution in [-0.2, 0) is 0 Å². The molecule has 0 bridgehead atoms. The maximum absolute atomic E-state index is 12.2. The van der Waals surface area contributed by atoms with Crippen molar-refractivity contribution >= 4 is 17.5 Å². The summed E-state index contributed by atoms with van der Waals surface area (Å²) < 4.78 is 10.3. The molecule has 104 valence electrons. The van der Waals surface area contributed by atoms with Crippen LogP contribution in [0.1, 0.15) is 29.6 Å². The van der Waals surface area contributed by atoms with Gasteiger partial charge in [0.25, 0.3) is 5.91 Å². The zero-order chi connectivity index (χ0) is 13.9. The van der Waals surface area contributed by atoms with E-state index in [4.69, 9.17) is 21.1 Å². The lowest BCUT2D eigenvalue weighted by atomic mass is 9.78. The van der Waals surface area contributed by atoms with Gasteiger partial charge in [-0.1, -0.05) is 0 Å². The van der Waals surface area contributed by atoms with Gasteiger partial charge in [-0.05, 0) is 37.5 Å². The molecule has 1 aromatic carbocycles. The number of hydrogen-bond acceptors (Lipinski definition) is 3. The molecule has 1 fully saturated rings. The molecule has 1 N–H and O–H groups in total. The summed E-state index contributed by atoms with van der Waals surface area (Å²) in [5, 5.41) is 3.02. The smallest absolute Gasteiger partial charge is 0.251 e. The van der Waals surface area contributed by atoms with Gasteiger partial charge < -0.3 is 14.8 Å². The average molecular weight is 284 g/mol. The van der Waals surface area contributed by atoms with E-state index in [1.165, 1.54) is 0 Å². The van der Waals surface area contributed by atoms with Crippen LogP contribution in [-0.4, -0.2) is 31.5 Å². The van der Waals surface area contributed by atoms with E-state index in [1.807, 2.05) is 0 Å². The van der Waals surface area contributed by atoms with Crippen molar-refractivity contribution < 1.29 is 14.3 Å². The van der Waals surface area contributed by atoms with Crippen LogP contribution in [0.3, 0.4) is 0 Å². The molecule has 0 atom stereocenters. The molecule has 0 heterocycles. The van der Waals surface area contributed by atoms with E-state index in [1.54, 1.807) is 32.4 Å². The first-order chi connectivity index (χ1) is 9.14. The Morgan fingerprint density at radius 1 is 1.32 bits per heavy atom. The van der Waals surface area contributed by atoms with Crippen molar-refractivity contribution in [2.45, 2.75) is 24.8 Å². The number of amides is 1. The summed E-state index contributed by atoms with van der Waals surface area (Å²) in [6.07, 6.45) is 2.99. The molecule has 0 radical (unpaired) electrons. The molecule has 4 nitrogen and oxygen atoms in total. The molecule has 1 saturated carbocycles. The minimum atomic E-state index is -0.230. The van der Waals surface area contributed by atoms with E-state index >= 15 is 0 Å². The fourth-order valence-corrected chi connectivity index (χ4v) is 2.52. The first kappa shape index (κ1) is 14.0. The predicted molar refractivity (Wildman–Crippen MR) is 74.3 cm³/mol. The number of rotatable bonds is 5. The van der Waals surface area contributed by atoms with Crippen molar-refractivity contribution in [1.29, 1.82) is 0 Å². The Labute approximate surface area is 118 Å². The monoisotopic (exact) mass is 283 g/mol. The van der Waals surface area contributed by atoms with E-state index in [2.05, 4.69) is 5.32 Å². The Hall–Kier alpha value is -1.42. The van der Waals surface area contributed by atoms with Crippen molar-refractivity contribution in [3.8, 4) is 11.5 Å². The largest absolute Gasteiger partial charge is 0.493 e. The van der Waals surface area contributed by atoms with Gasteiger partial charge in [0, 0.05) is 11.4 Å². The third-order valence-corrected chi connectivity index (χ3v) is 4.10. The maximum atomic E-state index is 12.2. The Morgan fingerprint density at radius 2 is 2.00 bits per heavy atom. The number of hydrogen-bond donors (Lipinski definition) is 1. The van der Waals surface area contributed by atoms with Crippen LogP contribution < -0.4 is 14.8 Å². The van der Waals surface area contributed by atoms with E-state index in [0.717, 1.165) is 19.3 Å². The predicted octanol–water partition coefficient (Wildman–Crippen LogP) is 2.60. The summed E-state index contributed by atoms with van der Waals surface area (Å²) in [5.41, 5.74) is 0.320. The average Bonchev–Trinajstić information content (AvgIpc) is 2.41. The molecule has 1 aliphatic rings. The number of alkyl halides is 1. The van der Waals surface area contributed by atoms with Crippen LogP contribution >= 0.6 is 11.6 Å². The molecule has 1 aromatic rings. The summed E-state index contributed by atoms with van der Waals surface area (Å²) in [6, 6.07) is 5.12. The molecule has 0 saturated heterocycles. The highest BCUT2D eigenvalue weighted by Gasteiger charge is 2.37. The van der Waals surface area contributed by atoms with Gasteiger partial charge in [0.1, 0.15) is 0 Å². The van der Waals surface area contributed by atoms with E-state index < -0.39 is 0 Å². The minimum absolute atomic E-state index is 0.124. The van der Waals surface area contributed by atoms with E-state index in [0.29, 0.717) is 22.9 Å². The Bertz CT molecular complexity index is 466. The second-order valence-corrected chi connectivity index (χ2v) is 5.06. The summed E-state index contributed by atoms with van der Waals surface area (Å²) in [6.45, 7) is 0. The third kappa shape index (κ3) is 2.78. The summed E-state index contributed by atoms with van der Waals surface area (Å²) in [4.78, 5) is 12.2.